The Morgan fingerprint density at radius 2 is 2.05 bits per heavy atom. The van der Waals surface area contributed by atoms with E-state index >= 15 is 0 Å². The van der Waals surface area contributed by atoms with Crippen LogP contribution in [0.1, 0.15) is 30.4 Å². The Kier molecular flexibility index (Phi) is 5.12. The molecule has 1 aromatic rings. The van der Waals surface area contributed by atoms with E-state index in [1.165, 1.54) is 12.5 Å². The second-order valence-electron chi connectivity index (χ2n) is 5.61. The van der Waals surface area contributed by atoms with Crippen molar-refractivity contribution in [1.29, 1.82) is 0 Å². The lowest BCUT2D eigenvalue weighted by atomic mass is 9.96. The van der Waals surface area contributed by atoms with E-state index < -0.39 is 0 Å². The summed E-state index contributed by atoms with van der Waals surface area (Å²) < 4.78 is 13.6. The molecule has 110 valence electrons. The molecule has 1 amide bonds. The fourth-order valence-corrected chi connectivity index (χ4v) is 2.69. The van der Waals surface area contributed by atoms with Gasteiger partial charge in [-0.15, -0.1) is 0 Å². The average Bonchev–Trinajstić information content (AvgIpc) is 2.48. The van der Waals surface area contributed by atoms with E-state index in [4.69, 9.17) is 5.73 Å². The zero-order chi connectivity index (χ0) is 14.5. The van der Waals surface area contributed by atoms with Gasteiger partial charge in [0.15, 0.2) is 0 Å². The Bertz CT molecular complexity index is 470. The molecule has 20 heavy (non-hydrogen) atoms. The van der Waals surface area contributed by atoms with Crippen molar-refractivity contribution in [2.45, 2.75) is 32.6 Å². The maximum atomic E-state index is 13.6. The number of rotatable bonds is 4. The molecule has 2 rings (SSSR count). The number of amides is 1. The highest BCUT2D eigenvalue weighted by Crippen LogP contribution is 2.17. The summed E-state index contributed by atoms with van der Waals surface area (Å²) in [5, 5.41) is 0. The Morgan fingerprint density at radius 3 is 2.65 bits per heavy atom. The normalized spacial score (nSPS) is 17.1. The molecule has 1 saturated heterocycles. The standard InChI is InChI=1S/C16H23FN2O/c1-12-5-6-13(10-15(12)17)9-14(11-18)16(20)19-7-3-2-4-8-19/h5-6,10,14H,2-4,7-9,11,18H2,1H3. The number of hydrogen-bond acceptors (Lipinski definition) is 2. The highest BCUT2D eigenvalue weighted by molar-refractivity contribution is 5.79. The zero-order valence-electron chi connectivity index (χ0n) is 12.1. The number of nitrogens with two attached hydrogens (primary N) is 1. The van der Waals surface area contributed by atoms with Crippen LogP contribution in [0, 0.1) is 18.7 Å². The van der Waals surface area contributed by atoms with E-state index in [2.05, 4.69) is 0 Å². The van der Waals surface area contributed by atoms with Crippen LogP contribution < -0.4 is 5.73 Å². The molecule has 0 aliphatic carbocycles. The topological polar surface area (TPSA) is 46.3 Å². The third-order valence-electron chi connectivity index (χ3n) is 4.02. The van der Waals surface area contributed by atoms with Crippen molar-refractivity contribution in [3.63, 3.8) is 0 Å². The van der Waals surface area contributed by atoms with Gasteiger partial charge >= 0.3 is 0 Å². The van der Waals surface area contributed by atoms with Gasteiger partial charge in [0.25, 0.3) is 0 Å². The van der Waals surface area contributed by atoms with Gasteiger partial charge in [0.1, 0.15) is 5.82 Å². The van der Waals surface area contributed by atoms with Crippen molar-refractivity contribution < 1.29 is 9.18 Å². The summed E-state index contributed by atoms with van der Waals surface area (Å²) in [6, 6.07) is 5.15. The number of halogens is 1. The minimum atomic E-state index is -0.241. The molecule has 0 radical (unpaired) electrons. The van der Waals surface area contributed by atoms with Gasteiger partial charge in [-0.25, -0.2) is 4.39 Å². The molecule has 0 aromatic heterocycles. The minimum Gasteiger partial charge on any atom is -0.342 e. The second kappa shape index (κ2) is 6.84. The van der Waals surface area contributed by atoms with Crippen molar-refractivity contribution in [2.24, 2.45) is 11.7 Å². The van der Waals surface area contributed by atoms with Crippen LogP contribution in [0.2, 0.25) is 0 Å². The Hall–Kier alpha value is -1.42. The molecule has 1 heterocycles. The summed E-state index contributed by atoms with van der Waals surface area (Å²) in [4.78, 5) is 14.3. The maximum absolute atomic E-state index is 13.6. The van der Waals surface area contributed by atoms with Gasteiger partial charge in [0.05, 0.1) is 5.92 Å². The molecule has 1 aromatic carbocycles. The van der Waals surface area contributed by atoms with Crippen molar-refractivity contribution >= 4 is 5.91 Å². The Balaban J connectivity index is 2.03. The number of piperidine rings is 1. The van der Waals surface area contributed by atoms with E-state index in [1.54, 1.807) is 13.0 Å². The summed E-state index contributed by atoms with van der Waals surface area (Å²) in [6.07, 6.45) is 3.85. The van der Waals surface area contributed by atoms with Gasteiger partial charge in [-0.1, -0.05) is 12.1 Å². The maximum Gasteiger partial charge on any atom is 0.227 e. The highest BCUT2D eigenvalue weighted by atomic mass is 19.1. The number of carbonyl (C=O) groups excluding carboxylic acids is 1. The van der Waals surface area contributed by atoms with E-state index in [-0.39, 0.29) is 17.6 Å². The lowest BCUT2D eigenvalue weighted by Crippen LogP contribution is -2.42. The van der Waals surface area contributed by atoms with E-state index in [1.807, 2.05) is 11.0 Å². The van der Waals surface area contributed by atoms with Crippen LogP contribution in [0.4, 0.5) is 4.39 Å². The molecule has 2 N–H and O–H groups in total. The number of benzene rings is 1. The molecule has 1 aliphatic heterocycles. The summed E-state index contributed by atoms with van der Waals surface area (Å²) >= 11 is 0. The first-order valence-electron chi connectivity index (χ1n) is 7.35. The fraction of sp³-hybridized carbons (Fsp3) is 0.562. The van der Waals surface area contributed by atoms with Gasteiger partial charge in [-0.3, -0.25) is 4.79 Å². The lowest BCUT2D eigenvalue weighted by molar-refractivity contribution is -0.136. The van der Waals surface area contributed by atoms with Crippen molar-refractivity contribution in [3.8, 4) is 0 Å². The Labute approximate surface area is 120 Å². The molecular formula is C16H23FN2O. The third-order valence-corrected chi connectivity index (χ3v) is 4.02. The molecule has 4 heteroatoms. The number of nitrogens with zero attached hydrogens (tertiary/aromatic N) is 1. The van der Waals surface area contributed by atoms with Crippen molar-refractivity contribution in [3.05, 3.63) is 35.1 Å². The first-order chi connectivity index (χ1) is 9.61. The molecular weight excluding hydrogens is 255 g/mol. The molecule has 1 aliphatic rings. The summed E-state index contributed by atoms with van der Waals surface area (Å²) in [5.74, 6) is -0.341. The third kappa shape index (κ3) is 3.57. The van der Waals surface area contributed by atoms with Gasteiger partial charge < -0.3 is 10.6 Å². The highest BCUT2D eigenvalue weighted by Gasteiger charge is 2.24. The van der Waals surface area contributed by atoms with Gasteiger partial charge in [-0.05, 0) is 49.8 Å². The fourth-order valence-electron chi connectivity index (χ4n) is 2.69. The first-order valence-corrected chi connectivity index (χ1v) is 7.35. The molecule has 0 saturated carbocycles. The summed E-state index contributed by atoms with van der Waals surface area (Å²) in [6.45, 7) is 3.71. The number of carbonyl (C=O) groups is 1. The molecule has 0 spiro atoms. The van der Waals surface area contributed by atoms with E-state index in [0.717, 1.165) is 31.5 Å². The number of hydrogen-bond donors (Lipinski definition) is 1. The molecule has 1 atom stereocenters. The minimum absolute atomic E-state index is 0.119. The van der Waals surface area contributed by atoms with Crippen LogP contribution in [0.25, 0.3) is 0 Å². The molecule has 0 bridgehead atoms. The molecule has 1 unspecified atom stereocenters. The van der Waals surface area contributed by atoms with Crippen LogP contribution in [0.15, 0.2) is 18.2 Å². The van der Waals surface area contributed by atoms with Crippen LogP contribution in [-0.2, 0) is 11.2 Å². The van der Waals surface area contributed by atoms with Gasteiger partial charge in [0, 0.05) is 19.6 Å². The monoisotopic (exact) mass is 278 g/mol. The predicted molar refractivity (Wildman–Crippen MR) is 77.8 cm³/mol. The number of likely N-dealkylation sites (tertiary alicyclic amines) is 1. The smallest absolute Gasteiger partial charge is 0.227 e. The lowest BCUT2D eigenvalue weighted by Gasteiger charge is -2.30. The van der Waals surface area contributed by atoms with Crippen molar-refractivity contribution in [1.82, 2.24) is 4.90 Å². The number of aryl methyl sites for hydroxylation is 1. The van der Waals surface area contributed by atoms with Crippen LogP contribution >= 0.6 is 0 Å². The van der Waals surface area contributed by atoms with Crippen molar-refractivity contribution in [2.75, 3.05) is 19.6 Å². The summed E-state index contributed by atoms with van der Waals surface area (Å²) in [7, 11) is 0. The SMILES string of the molecule is Cc1ccc(CC(CN)C(=O)N2CCCCC2)cc1F. The first kappa shape index (κ1) is 15.0. The Morgan fingerprint density at radius 1 is 1.35 bits per heavy atom. The van der Waals surface area contributed by atoms with Crippen LogP contribution in [0.5, 0.6) is 0 Å². The molecule has 3 nitrogen and oxygen atoms in total. The van der Waals surface area contributed by atoms with Gasteiger partial charge in [0.2, 0.25) is 5.91 Å². The van der Waals surface area contributed by atoms with E-state index in [0.29, 0.717) is 18.5 Å². The second-order valence-corrected chi connectivity index (χ2v) is 5.61. The summed E-state index contributed by atoms with van der Waals surface area (Å²) in [5.41, 5.74) is 7.22. The quantitative estimate of drug-likeness (QED) is 0.918. The van der Waals surface area contributed by atoms with E-state index in [9.17, 15) is 9.18 Å². The van der Waals surface area contributed by atoms with Gasteiger partial charge in [-0.2, -0.15) is 0 Å². The predicted octanol–water partition coefficient (Wildman–Crippen LogP) is 2.26. The van der Waals surface area contributed by atoms with Crippen LogP contribution in [-0.4, -0.2) is 30.4 Å². The molecule has 1 fully saturated rings. The average molecular weight is 278 g/mol. The largest absolute Gasteiger partial charge is 0.342 e. The zero-order valence-corrected chi connectivity index (χ0v) is 12.1. The van der Waals surface area contributed by atoms with Crippen LogP contribution in [0.3, 0.4) is 0 Å².